The molecule has 1 N–H and O–H groups in total. The minimum Gasteiger partial charge on any atom is -0.872 e. The van der Waals surface area contributed by atoms with Crippen LogP contribution in [0.4, 0.5) is 0 Å². The molecule has 1 aliphatic heterocycles. The first kappa shape index (κ1) is 17.0. The van der Waals surface area contributed by atoms with Crippen molar-refractivity contribution in [3.05, 3.63) is 59.7 Å². The van der Waals surface area contributed by atoms with Crippen molar-refractivity contribution in [2.75, 3.05) is 13.1 Å². The van der Waals surface area contributed by atoms with E-state index in [4.69, 9.17) is 4.98 Å². The summed E-state index contributed by atoms with van der Waals surface area (Å²) in [7, 11) is 0. The quantitative estimate of drug-likeness (QED) is 0.792. The van der Waals surface area contributed by atoms with Crippen LogP contribution in [0.25, 0.3) is 22.2 Å². The molecular weight excluding hydrogens is 320 g/mol. The van der Waals surface area contributed by atoms with Crippen molar-refractivity contribution in [3.8, 4) is 17.0 Å². The summed E-state index contributed by atoms with van der Waals surface area (Å²) in [5, 5.41) is 14.1. The number of nitrogens with one attached hydrogen (secondary N) is 1. The molecule has 2 atom stereocenters. The number of pyridine rings is 1. The van der Waals surface area contributed by atoms with Gasteiger partial charge in [0.25, 0.3) is 0 Å². The van der Waals surface area contributed by atoms with Crippen LogP contribution >= 0.6 is 0 Å². The summed E-state index contributed by atoms with van der Waals surface area (Å²) in [5.41, 5.74) is 4.67. The minimum absolute atomic E-state index is 0.156. The van der Waals surface area contributed by atoms with Crippen LogP contribution in [-0.4, -0.2) is 18.1 Å². The van der Waals surface area contributed by atoms with Crippen LogP contribution in [0.5, 0.6) is 5.75 Å². The Morgan fingerprint density at radius 3 is 2.73 bits per heavy atom. The molecular formula is C23H26N2O. The van der Waals surface area contributed by atoms with E-state index in [-0.39, 0.29) is 5.75 Å². The van der Waals surface area contributed by atoms with E-state index in [2.05, 4.69) is 19.1 Å². The molecule has 26 heavy (non-hydrogen) atoms. The first-order valence-electron chi connectivity index (χ1n) is 9.61. The highest BCUT2D eigenvalue weighted by atomic mass is 16.3. The Balaban J connectivity index is 1.85. The number of quaternary nitrogens is 1. The zero-order valence-corrected chi connectivity index (χ0v) is 15.6. The van der Waals surface area contributed by atoms with Crippen LogP contribution in [0.15, 0.2) is 48.5 Å². The molecule has 2 aromatic carbocycles. The van der Waals surface area contributed by atoms with E-state index in [1.807, 2.05) is 43.3 Å². The highest BCUT2D eigenvalue weighted by Crippen LogP contribution is 2.33. The fraction of sp³-hybridized carbons (Fsp3) is 0.348. The summed E-state index contributed by atoms with van der Waals surface area (Å²) in [5.74, 6) is 0.882. The van der Waals surface area contributed by atoms with E-state index in [1.165, 1.54) is 17.7 Å². The van der Waals surface area contributed by atoms with Gasteiger partial charge in [0.1, 0.15) is 6.54 Å². The van der Waals surface area contributed by atoms with Crippen molar-refractivity contribution in [1.29, 1.82) is 0 Å². The Bertz CT molecular complexity index is 920. The average Bonchev–Trinajstić information content (AvgIpc) is 2.65. The Kier molecular flexibility index (Phi) is 4.64. The number of hydrogen-bond donors (Lipinski definition) is 1. The summed E-state index contributed by atoms with van der Waals surface area (Å²) in [6.45, 7) is 7.40. The standard InChI is InChI=1S/C23H26N2O/c1-16-10-11-21-19(13-16)23(26)20(15-25-12-6-7-17(2)14-25)22(24-21)18-8-4-3-5-9-18/h3-5,8-11,13,17H,6-7,12,14-15H2,1-2H3,(H,24,26). The monoisotopic (exact) mass is 346 g/mol. The van der Waals surface area contributed by atoms with Crippen LogP contribution < -0.4 is 10.0 Å². The molecule has 0 bridgehead atoms. The van der Waals surface area contributed by atoms with Crippen LogP contribution in [0, 0.1) is 12.8 Å². The van der Waals surface area contributed by atoms with Crippen molar-refractivity contribution < 1.29 is 10.0 Å². The third-order valence-corrected chi connectivity index (χ3v) is 5.53. The number of rotatable bonds is 3. The molecule has 1 aromatic heterocycles. The largest absolute Gasteiger partial charge is 0.872 e. The molecule has 2 heterocycles. The fourth-order valence-electron chi connectivity index (χ4n) is 4.19. The molecule has 1 aliphatic rings. The van der Waals surface area contributed by atoms with Gasteiger partial charge in [0.15, 0.2) is 0 Å². The Hall–Kier alpha value is -2.39. The number of fused-ring (bicyclic) bond motifs is 1. The summed E-state index contributed by atoms with van der Waals surface area (Å²) >= 11 is 0. The Morgan fingerprint density at radius 1 is 1.15 bits per heavy atom. The number of aromatic nitrogens is 1. The van der Waals surface area contributed by atoms with E-state index >= 15 is 0 Å². The van der Waals surface area contributed by atoms with Gasteiger partial charge in [-0.2, -0.15) is 0 Å². The van der Waals surface area contributed by atoms with E-state index in [0.29, 0.717) is 0 Å². The molecule has 0 aliphatic carbocycles. The smallest absolute Gasteiger partial charge is 0.104 e. The second-order valence-electron chi connectivity index (χ2n) is 7.78. The highest BCUT2D eigenvalue weighted by molar-refractivity contribution is 5.90. The van der Waals surface area contributed by atoms with Crippen molar-refractivity contribution in [2.24, 2.45) is 5.92 Å². The van der Waals surface area contributed by atoms with Gasteiger partial charge in [-0.25, -0.2) is 4.98 Å². The van der Waals surface area contributed by atoms with Gasteiger partial charge in [-0.1, -0.05) is 60.7 Å². The molecule has 1 saturated heterocycles. The SMILES string of the molecule is Cc1ccc2nc(-c3ccccc3)c(C[NH+]3CCCC(C)C3)c([O-])c2c1. The molecule has 3 heteroatoms. The van der Waals surface area contributed by atoms with E-state index in [1.54, 1.807) is 0 Å². The Labute approximate surface area is 155 Å². The van der Waals surface area contributed by atoms with Gasteiger partial charge in [-0.05, 0) is 31.2 Å². The molecule has 0 spiro atoms. The van der Waals surface area contributed by atoms with E-state index in [9.17, 15) is 5.11 Å². The predicted octanol–water partition coefficient (Wildman–Crippen LogP) is 3.10. The molecule has 134 valence electrons. The maximum atomic E-state index is 13.4. The second-order valence-corrected chi connectivity index (χ2v) is 7.78. The van der Waals surface area contributed by atoms with Crippen molar-refractivity contribution in [2.45, 2.75) is 33.2 Å². The highest BCUT2D eigenvalue weighted by Gasteiger charge is 2.22. The fourth-order valence-corrected chi connectivity index (χ4v) is 4.19. The number of aryl methyl sites for hydroxylation is 1. The van der Waals surface area contributed by atoms with Crippen molar-refractivity contribution >= 4 is 10.9 Å². The van der Waals surface area contributed by atoms with Gasteiger partial charge >= 0.3 is 0 Å². The van der Waals surface area contributed by atoms with Gasteiger partial charge in [0, 0.05) is 17.0 Å². The molecule has 0 saturated carbocycles. The summed E-state index contributed by atoms with van der Waals surface area (Å²) in [6, 6.07) is 16.1. The lowest BCUT2D eigenvalue weighted by atomic mass is 9.97. The number of nitrogens with zero attached hydrogens (tertiary/aromatic N) is 1. The lowest BCUT2D eigenvalue weighted by molar-refractivity contribution is -0.922. The van der Waals surface area contributed by atoms with E-state index < -0.39 is 0 Å². The zero-order chi connectivity index (χ0) is 18.1. The van der Waals surface area contributed by atoms with Gasteiger partial charge in [0.05, 0.1) is 24.3 Å². The van der Waals surface area contributed by atoms with Crippen LogP contribution in [-0.2, 0) is 6.54 Å². The molecule has 2 unspecified atom stereocenters. The normalized spacial score (nSPS) is 20.4. The summed E-state index contributed by atoms with van der Waals surface area (Å²) in [6.07, 6.45) is 2.54. The van der Waals surface area contributed by atoms with Crippen molar-refractivity contribution in [3.63, 3.8) is 0 Å². The third-order valence-electron chi connectivity index (χ3n) is 5.53. The first-order chi connectivity index (χ1) is 12.6. The molecule has 0 radical (unpaired) electrons. The maximum absolute atomic E-state index is 13.4. The lowest BCUT2D eigenvalue weighted by Crippen LogP contribution is -3.12. The van der Waals surface area contributed by atoms with Crippen LogP contribution in [0.1, 0.15) is 30.9 Å². The molecule has 3 nitrogen and oxygen atoms in total. The summed E-state index contributed by atoms with van der Waals surface area (Å²) in [4.78, 5) is 6.42. The maximum Gasteiger partial charge on any atom is 0.104 e. The lowest BCUT2D eigenvalue weighted by Gasteiger charge is -2.30. The van der Waals surface area contributed by atoms with Gasteiger partial charge in [0.2, 0.25) is 0 Å². The minimum atomic E-state index is 0.156. The van der Waals surface area contributed by atoms with Gasteiger partial charge in [-0.15, -0.1) is 0 Å². The predicted molar refractivity (Wildman–Crippen MR) is 104 cm³/mol. The molecule has 4 rings (SSSR count). The van der Waals surface area contributed by atoms with Crippen LogP contribution in [0.3, 0.4) is 0 Å². The van der Waals surface area contributed by atoms with E-state index in [0.717, 1.165) is 58.8 Å². The second kappa shape index (κ2) is 7.08. The zero-order valence-electron chi connectivity index (χ0n) is 15.6. The average molecular weight is 346 g/mol. The topological polar surface area (TPSA) is 40.4 Å². The van der Waals surface area contributed by atoms with Crippen molar-refractivity contribution in [1.82, 2.24) is 4.98 Å². The van der Waals surface area contributed by atoms with Gasteiger partial charge < -0.3 is 10.0 Å². The third kappa shape index (κ3) is 3.32. The number of hydrogen-bond acceptors (Lipinski definition) is 2. The number of likely N-dealkylation sites (tertiary alicyclic amines) is 1. The number of benzene rings is 2. The first-order valence-corrected chi connectivity index (χ1v) is 9.61. The molecule has 3 aromatic rings. The Morgan fingerprint density at radius 2 is 1.96 bits per heavy atom. The summed E-state index contributed by atoms with van der Waals surface area (Å²) < 4.78 is 0. The van der Waals surface area contributed by atoms with Crippen LogP contribution in [0.2, 0.25) is 0 Å². The van der Waals surface area contributed by atoms with Gasteiger partial charge in [-0.3, -0.25) is 0 Å². The molecule has 0 amide bonds. The number of piperidine rings is 1. The molecule has 1 fully saturated rings.